The number of hydrogen-bond donors (Lipinski definition) is 1. The summed E-state index contributed by atoms with van der Waals surface area (Å²) in [4.78, 5) is 0. The Balaban J connectivity index is 2.47. The second-order valence-corrected chi connectivity index (χ2v) is 4.82. The van der Waals surface area contributed by atoms with E-state index in [2.05, 4.69) is 0 Å². The molecule has 94 valence electrons. The summed E-state index contributed by atoms with van der Waals surface area (Å²) in [5.41, 5.74) is 4.34. The van der Waals surface area contributed by atoms with Gasteiger partial charge < -0.3 is 5.11 Å². The minimum Gasteiger partial charge on any atom is -0.384 e. The van der Waals surface area contributed by atoms with Crippen molar-refractivity contribution in [1.82, 2.24) is 0 Å². The van der Waals surface area contributed by atoms with Gasteiger partial charge in [0, 0.05) is 0 Å². The fourth-order valence-corrected chi connectivity index (χ4v) is 2.16. The lowest BCUT2D eigenvalue weighted by Crippen LogP contribution is -2.03. The van der Waals surface area contributed by atoms with E-state index < -0.39 is 6.10 Å². The van der Waals surface area contributed by atoms with Crippen molar-refractivity contribution in [2.75, 3.05) is 0 Å². The zero-order valence-electron chi connectivity index (χ0n) is 10.9. The van der Waals surface area contributed by atoms with Crippen molar-refractivity contribution in [2.45, 2.75) is 26.9 Å². The Bertz CT molecular complexity index is 555. The van der Waals surface area contributed by atoms with Crippen LogP contribution in [0.1, 0.15) is 33.9 Å². The Labute approximate surface area is 107 Å². The smallest absolute Gasteiger partial charge is 0.123 e. The average molecular weight is 244 g/mol. The van der Waals surface area contributed by atoms with E-state index in [-0.39, 0.29) is 5.82 Å². The van der Waals surface area contributed by atoms with Crippen LogP contribution in [0, 0.1) is 26.6 Å². The third-order valence-corrected chi connectivity index (χ3v) is 3.11. The summed E-state index contributed by atoms with van der Waals surface area (Å²) in [7, 11) is 0. The van der Waals surface area contributed by atoms with Crippen LogP contribution in [0.3, 0.4) is 0 Å². The average Bonchev–Trinajstić information content (AvgIpc) is 2.30. The standard InChI is InChI=1S/C16H17FO/c1-10-4-5-12(3)15(8-10)16(18)13-6-11(2)7-14(17)9-13/h4-9,16,18H,1-3H3. The van der Waals surface area contributed by atoms with Crippen molar-refractivity contribution in [1.29, 1.82) is 0 Å². The summed E-state index contributed by atoms with van der Waals surface area (Å²) < 4.78 is 13.4. The van der Waals surface area contributed by atoms with Crippen LogP contribution in [-0.4, -0.2) is 5.11 Å². The topological polar surface area (TPSA) is 20.2 Å². The zero-order chi connectivity index (χ0) is 13.3. The SMILES string of the molecule is Cc1cc(F)cc(C(O)c2cc(C)ccc2C)c1. The van der Waals surface area contributed by atoms with Crippen molar-refractivity contribution >= 4 is 0 Å². The molecule has 0 radical (unpaired) electrons. The molecule has 0 aliphatic rings. The molecular weight excluding hydrogens is 227 g/mol. The number of aryl methyl sites for hydroxylation is 3. The van der Waals surface area contributed by atoms with Crippen molar-refractivity contribution in [2.24, 2.45) is 0 Å². The third kappa shape index (κ3) is 2.59. The van der Waals surface area contributed by atoms with Crippen LogP contribution < -0.4 is 0 Å². The largest absolute Gasteiger partial charge is 0.384 e. The van der Waals surface area contributed by atoms with Gasteiger partial charge in [-0.1, -0.05) is 29.8 Å². The van der Waals surface area contributed by atoms with Crippen LogP contribution in [0.5, 0.6) is 0 Å². The highest BCUT2D eigenvalue weighted by atomic mass is 19.1. The molecule has 2 heteroatoms. The summed E-state index contributed by atoms with van der Waals surface area (Å²) in [6.45, 7) is 5.75. The second kappa shape index (κ2) is 4.91. The molecule has 0 spiro atoms. The molecule has 0 aliphatic carbocycles. The van der Waals surface area contributed by atoms with Crippen LogP contribution >= 0.6 is 0 Å². The molecule has 18 heavy (non-hydrogen) atoms. The van der Waals surface area contributed by atoms with Gasteiger partial charge in [-0.3, -0.25) is 0 Å². The zero-order valence-corrected chi connectivity index (χ0v) is 10.9. The summed E-state index contributed by atoms with van der Waals surface area (Å²) in [6, 6.07) is 10.6. The monoisotopic (exact) mass is 244 g/mol. The van der Waals surface area contributed by atoms with E-state index in [0.29, 0.717) is 5.56 Å². The van der Waals surface area contributed by atoms with E-state index in [1.807, 2.05) is 45.0 Å². The van der Waals surface area contributed by atoms with E-state index in [4.69, 9.17) is 0 Å². The Hall–Kier alpha value is -1.67. The minimum atomic E-state index is -0.778. The van der Waals surface area contributed by atoms with Gasteiger partial charge in [0.2, 0.25) is 0 Å². The normalized spacial score (nSPS) is 12.5. The molecule has 0 amide bonds. The maximum atomic E-state index is 13.4. The van der Waals surface area contributed by atoms with Gasteiger partial charge in [-0.05, 0) is 55.2 Å². The molecule has 1 N–H and O–H groups in total. The van der Waals surface area contributed by atoms with E-state index in [0.717, 1.165) is 22.3 Å². The van der Waals surface area contributed by atoms with Gasteiger partial charge in [0.25, 0.3) is 0 Å². The van der Waals surface area contributed by atoms with Crippen molar-refractivity contribution in [3.8, 4) is 0 Å². The van der Waals surface area contributed by atoms with Gasteiger partial charge in [0.15, 0.2) is 0 Å². The molecule has 0 aliphatic heterocycles. The fraction of sp³-hybridized carbons (Fsp3) is 0.250. The highest BCUT2D eigenvalue weighted by molar-refractivity contribution is 5.38. The molecule has 0 heterocycles. The van der Waals surface area contributed by atoms with E-state index in [1.165, 1.54) is 12.1 Å². The number of benzene rings is 2. The number of aliphatic hydroxyl groups is 1. The number of hydrogen-bond acceptors (Lipinski definition) is 1. The predicted octanol–water partition coefficient (Wildman–Crippen LogP) is 3.83. The van der Waals surface area contributed by atoms with Crippen molar-refractivity contribution < 1.29 is 9.50 Å². The maximum absolute atomic E-state index is 13.4. The lowest BCUT2D eigenvalue weighted by atomic mass is 9.95. The summed E-state index contributed by atoms with van der Waals surface area (Å²) in [6.07, 6.45) is -0.778. The highest BCUT2D eigenvalue weighted by Crippen LogP contribution is 2.26. The first-order valence-electron chi connectivity index (χ1n) is 5.99. The lowest BCUT2D eigenvalue weighted by molar-refractivity contribution is 0.219. The Morgan fingerprint density at radius 2 is 1.67 bits per heavy atom. The van der Waals surface area contributed by atoms with E-state index in [1.54, 1.807) is 0 Å². The summed E-state index contributed by atoms with van der Waals surface area (Å²) >= 11 is 0. The maximum Gasteiger partial charge on any atom is 0.123 e. The van der Waals surface area contributed by atoms with Gasteiger partial charge in [0.1, 0.15) is 11.9 Å². The van der Waals surface area contributed by atoms with Gasteiger partial charge in [0.05, 0.1) is 0 Å². The Morgan fingerprint density at radius 3 is 2.33 bits per heavy atom. The minimum absolute atomic E-state index is 0.311. The van der Waals surface area contributed by atoms with Crippen molar-refractivity contribution in [3.05, 3.63) is 70.0 Å². The molecule has 2 aromatic rings. The molecular formula is C16H17FO. The summed E-state index contributed by atoms with van der Waals surface area (Å²) in [5.74, 6) is -0.311. The summed E-state index contributed by atoms with van der Waals surface area (Å²) in [5, 5.41) is 10.4. The van der Waals surface area contributed by atoms with Gasteiger partial charge in [-0.25, -0.2) is 4.39 Å². The molecule has 0 saturated carbocycles. The van der Waals surface area contributed by atoms with Crippen LogP contribution in [0.2, 0.25) is 0 Å². The molecule has 1 atom stereocenters. The van der Waals surface area contributed by atoms with Crippen molar-refractivity contribution in [3.63, 3.8) is 0 Å². The molecule has 1 unspecified atom stereocenters. The molecule has 0 bridgehead atoms. The van der Waals surface area contributed by atoms with E-state index >= 15 is 0 Å². The Kier molecular flexibility index (Phi) is 3.48. The predicted molar refractivity (Wildman–Crippen MR) is 71.1 cm³/mol. The fourth-order valence-electron chi connectivity index (χ4n) is 2.16. The molecule has 2 rings (SSSR count). The molecule has 0 saturated heterocycles. The number of halogens is 1. The third-order valence-electron chi connectivity index (χ3n) is 3.11. The molecule has 1 nitrogen and oxygen atoms in total. The van der Waals surface area contributed by atoms with Crippen LogP contribution in [0.25, 0.3) is 0 Å². The first-order chi connectivity index (χ1) is 8.47. The van der Waals surface area contributed by atoms with Gasteiger partial charge in [-0.2, -0.15) is 0 Å². The van der Waals surface area contributed by atoms with Gasteiger partial charge in [-0.15, -0.1) is 0 Å². The molecule has 2 aromatic carbocycles. The van der Waals surface area contributed by atoms with E-state index in [9.17, 15) is 9.50 Å². The van der Waals surface area contributed by atoms with Gasteiger partial charge >= 0.3 is 0 Å². The van der Waals surface area contributed by atoms with Crippen LogP contribution in [0.4, 0.5) is 4.39 Å². The number of aliphatic hydroxyl groups excluding tert-OH is 1. The first kappa shape index (κ1) is 12.8. The number of rotatable bonds is 2. The second-order valence-electron chi connectivity index (χ2n) is 4.82. The lowest BCUT2D eigenvalue weighted by Gasteiger charge is -2.15. The van der Waals surface area contributed by atoms with Crippen LogP contribution in [0.15, 0.2) is 36.4 Å². The Morgan fingerprint density at radius 1 is 0.944 bits per heavy atom. The quantitative estimate of drug-likeness (QED) is 0.851. The first-order valence-corrected chi connectivity index (χ1v) is 5.99. The molecule has 0 aromatic heterocycles. The van der Waals surface area contributed by atoms with Crippen LogP contribution in [-0.2, 0) is 0 Å². The molecule has 0 fully saturated rings. The highest BCUT2D eigenvalue weighted by Gasteiger charge is 2.14.